The van der Waals surface area contributed by atoms with Gasteiger partial charge in [0, 0.05) is 19.2 Å². The third-order valence-electron chi connectivity index (χ3n) is 15.1. The van der Waals surface area contributed by atoms with Crippen LogP contribution in [0, 0.1) is 46.3 Å². The van der Waals surface area contributed by atoms with Gasteiger partial charge in [0.15, 0.2) is 0 Å². The Morgan fingerprint density at radius 3 is 2.36 bits per heavy atom. The molecule has 4 heteroatoms. The Labute approximate surface area is 332 Å². The van der Waals surface area contributed by atoms with Crippen LogP contribution in [0.5, 0.6) is 0 Å². The normalized spacial score (nSPS) is 31.7. The smallest absolute Gasteiger partial charge is 0.407 e. The van der Waals surface area contributed by atoms with Crippen molar-refractivity contribution in [3.05, 3.63) is 57.7 Å². The van der Waals surface area contributed by atoms with Crippen molar-refractivity contribution in [1.82, 2.24) is 5.32 Å². The van der Waals surface area contributed by atoms with E-state index in [-0.39, 0.29) is 17.6 Å². The first-order chi connectivity index (χ1) is 25.3. The highest BCUT2D eigenvalue weighted by atomic mass is 32.2. The van der Waals surface area contributed by atoms with Gasteiger partial charge < -0.3 is 10.1 Å². The summed E-state index contributed by atoms with van der Waals surface area (Å²) in [5.74, 6) is 5.80. The largest absolute Gasteiger partial charge is 0.446 e. The summed E-state index contributed by atoms with van der Waals surface area (Å²) >= 11 is 1.94. The zero-order valence-electron chi connectivity index (χ0n) is 36.3. The summed E-state index contributed by atoms with van der Waals surface area (Å²) in [4.78, 5) is 12.1. The topological polar surface area (TPSA) is 38.3 Å². The van der Waals surface area contributed by atoms with Gasteiger partial charge in [0.2, 0.25) is 0 Å². The van der Waals surface area contributed by atoms with E-state index in [2.05, 4.69) is 98.2 Å². The molecule has 0 saturated heterocycles. The van der Waals surface area contributed by atoms with Gasteiger partial charge in [-0.2, -0.15) is 11.8 Å². The zero-order chi connectivity index (χ0) is 38.8. The maximum atomic E-state index is 12.1. The lowest BCUT2D eigenvalue weighted by Crippen LogP contribution is -2.51. The summed E-state index contributed by atoms with van der Waals surface area (Å²) in [6.07, 6.45) is 33.1. The van der Waals surface area contributed by atoms with Gasteiger partial charge in [0.25, 0.3) is 0 Å². The van der Waals surface area contributed by atoms with Crippen molar-refractivity contribution in [3.63, 3.8) is 0 Å². The fourth-order valence-corrected chi connectivity index (χ4v) is 12.4. The van der Waals surface area contributed by atoms with Crippen LogP contribution in [-0.2, 0) is 4.74 Å². The summed E-state index contributed by atoms with van der Waals surface area (Å²) in [7, 11) is 1.67. The highest BCUT2D eigenvalue weighted by molar-refractivity contribution is 7.98. The highest BCUT2D eigenvalue weighted by Crippen LogP contribution is 2.68. The Balaban J connectivity index is 1.62. The Hall–Kier alpha value is -1.68. The maximum absolute atomic E-state index is 12.1. The number of hydrogen-bond donors (Lipinski definition) is 1. The Morgan fingerprint density at radius 1 is 0.925 bits per heavy atom. The quantitative estimate of drug-likeness (QED) is 0.142. The second-order valence-corrected chi connectivity index (χ2v) is 19.9. The molecule has 0 spiro atoms. The number of amides is 1. The minimum Gasteiger partial charge on any atom is -0.446 e. The van der Waals surface area contributed by atoms with Crippen molar-refractivity contribution in [2.45, 2.75) is 178 Å². The third kappa shape index (κ3) is 11.2. The predicted molar refractivity (Wildman–Crippen MR) is 232 cm³/mol. The molecule has 0 aromatic heterocycles. The molecule has 4 rings (SSSR count). The van der Waals surface area contributed by atoms with Crippen LogP contribution >= 0.6 is 11.8 Å². The van der Waals surface area contributed by atoms with Gasteiger partial charge in [-0.05, 0) is 177 Å². The first-order valence-corrected chi connectivity index (χ1v) is 23.3. The molecule has 3 nitrogen and oxygen atoms in total. The maximum Gasteiger partial charge on any atom is 0.407 e. The summed E-state index contributed by atoms with van der Waals surface area (Å²) in [6.45, 7) is 21.9. The van der Waals surface area contributed by atoms with Crippen LogP contribution in [0.2, 0.25) is 0 Å². The van der Waals surface area contributed by atoms with E-state index in [1.807, 2.05) is 17.3 Å². The molecule has 8 unspecified atom stereocenters. The highest BCUT2D eigenvalue weighted by Gasteiger charge is 2.59. The van der Waals surface area contributed by atoms with Crippen LogP contribution in [0.3, 0.4) is 0 Å². The molecule has 0 aromatic rings. The number of rotatable bonds is 18. The molecule has 53 heavy (non-hydrogen) atoms. The number of ether oxygens (including phenoxy) is 1. The number of carbonyl (C=O) groups excluding carboxylic acids is 1. The molecule has 8 atom stereocenters. The van der Waals surface area contributed by atoms with E-state index in [1.54, 1.807) is 23.8 Å². The van der Waals surface area contributed by atoms with Crippen LogP contribution in [0.25, 0.3) is 0 Å². The molecular formula is C49H81NO2S. The number of hydrogen-bond acceptors (Lipinski definition) is 3. The summed E-state index contributed by atoms with van der Waals surface area (Å²) in [6, 6.07) is 0. The molecule has 1 N–H and O–H groups in total. The number of carbonyl (C=O) groups is 1. The van der Waals surface area contributed by atoms with E-state index in [4.69, 9.17) is 4.74 Å². The van der Waals surface area contributed by atoms with Crippen LogP contribution in [-0.4, -0.2) is 31.3 Å². The van der Waals surface area contributed by atoms with Crippen LogP contribution < -0.4 is 5.32 Å². The fraction of sp³-hybridized carbons (Fsp3) is 0.776. The van der Waals surface area contributed by atoms with E-state index < -0.39 is 0 Å². The number of nitrogens with one attached hydrogen (secondary N) is 1. The number of allylic oxidation sites excluding steroid dienone is 8. The molecular weight excluding hydrogens is 667 g/mol. The molecule has 3 fully saturated rings. The van der Waals surface area contributed by atoms with Crippen LogP contribution in [0.4, 0.5) is 4.79 Å². The van der Waals surface area contributed by atoms with E-state index in [9.17, 15) is 4.79 Å². The second-order valence-electron chi connectivity index (χ2n) is 19.0. The minimum absolute atomic E-state index is 0.0244. The molecule has 0 radical (unpaired) electrons. The van der Waals surface area contributed by atoms with Crippen LogP contribution in [0.15, 0.2) is 57.7 Å². The Kier molecular flexibility index (Phi) is 17.0. The van der Waals surface area contributed by atoms with E-state index in [0.29, 0.717) is 11.3 Å². The Bertz CT molecular complexity index is 1370. The first kappa shape index (κ1) is 44.0. The van der Waals surface area contributed by atoms with Gasteiger partial charge in [0.1, 0.15) is 6.10 Å². The SMILES string of the molecule is C/C=C(\C)CC/C=C(\C)CC/C(=C(\C)CC/C=C(\C)CSC)C(CCCC(C)C)C1CCC2C3CC=C4CC(OC(=O)NC)CCC4(C)C3CCC12C. The van der Waals surface area contributed by atoms with E-state index in [1.165, 1.54) is 101 Å². The lowest BCUT2D eigenvalue weighted by atomic mass is 9.46. The molecule has 3 saturated carbocycles. The zero-order valence-corrected chi connectivity index (χ0v) is 37.1. The van der Waals surface area contributed by atoms with Crippen molar-refractivity contribution >= 4 is 17.9 Å². The lowest BCUT2D eigenvalue weighted by molar-refractivity contribution is -0.0572. The monoisotopic (exact) mass is 748 g/mol. The Morgan fingerprint density at radius 2 is 1.66 bits per heavy atom. The van der Waals surface area contributed by atoms with Gasteiger partial charge in [-0.15, -0.1) is 0 Å². The standard InChI is InChI=1S/C49H81NO2S/c1-12-35(4)17-14-18-36(5)22-24-41(38(7)20-15-19-37(6)33-53-11)42(21-13-16-34(2)3)44-26-27-45-43-25-23-39-32-40(52-47(51)50-10)28-30-48(39,8)46(43)29-31-49(44,45)9/h12,18-19,23,34,40,42-46H,13-17,20-22,24-33H2,1-11H3,(H,50,51)/b35-12+,36-18+,37-19+,41-38-. The summed E-state index contributed by atoms with van der Waals surface area (Å²) < 4.78 is 5.79. The molecule has 0 bridgehead atoms. The predicted octanol–water partition coefficient (Wildman–Crippen LogP) is 14.6. The van der Waals surface area contributed by atoms with Crippen molar-refractivity contribution in [1.29, 1.82) is 0 Å². The molecule has 1 amide bonds. The van der Waals surface area contributed by atoms with Gasteiger partial charge in [0.05, 0.1) is 0 Å². The van der Waals surface area contributed by atoms with Gasteiger partial charge in [-0.3, -0.25) is 0 Å². The van der Waals surface area contributed by atoms with Crippen LogP contribution in [0.1, 0.15) is 171 Å². The van der Waals surface area contributed by atoms with E-state index in [0.717, 1.165) is 54.6 Å². The van der Waals surface area contributed by atoms with Crippen molar-refractivity contribution < 1.29 is 9.53 Å². The second kappa shape index (κ2) is 20.5. The molecule has 300 valence electrons. The molecule has 0 heterocycles. The molecule has 4 aliphatic rings. The first-order valence-electron chi connectivity index (χ1n) is 22.0. The summed E-state index contributed by atoms with van der Waals surface area (Å²) in [5.41, 5.74) is 10.4. The fourth-order valence-electron chi connectivity index (χ4n) is 11.8. The van der Waals surface area contributed by atoms with E-state index >= 15 is 0 Å². The lowest BCUT2D eigenvalue weighted by Gasteiger charge is -2.58. The molecule has 0 aromatic carbocycles. The van der Waals surface area contributed by atoms with Crippen molar-refractivity contribution in [2.24, 2.45) is 46.3 Å². The van der Waals surface area contributed by atoms with Gasteiger partial charge >= 0.3 is 6.09 Å². The van der Waals surface area contributed by atoms with Crippen molar-refractivity contribution in [3.8, 4) is 0 Å². The van der Waals surface area contributed by atoms with Gasteiger partial charge in [-0.1, -0.05) is 98.3 Å². The number of alkyl carbamates (subject to hydrolysis) is 1. The average Bonchev–Trinajstić information content (AvgIpc) is 3.47. The number of thioether (sulfide) groups is 1. The van der Waals surface area contributed by atoms with Crippen molar-refractivity contribution in [2.75, 3.05) is 19.1 Å². The average molecular weight is 748 g/mol. The third-order valence-corrected chi connectivity index (χ3v) is 15.8. The van der Waals surface area contributed by atoms with Gasteiger partial charge in [-0.25, -0.2) is 4.79 Å². The molecule has 0 aliphatic heterocycles. The number of fused-ring (bicyclic) bond motifs is 5. The minimum atomic E-state index is -0.280. The molecule has 4 aliphatic carbocycles. The summed E-state index contributed by atoms with van der Waals surface area (Å²) in [5, 5.41) is 2.67.